The first-order valence-corrected chi connectivity index (χ1v) is 5.82. The fourth-order valence-electron chi connectivity index (χ4n) is 2.20. The highest BCUT2D eigenvalue weighted by atomic mass is 15.2. The summed E-state index contributed by atoms with van der Waals surface area (Å²) in [5.74, 6) is 0. The summed E-state index contributed by atoms with van der Waals surface area (Å²) in [6.45, 7) is 10.9. The zero-order valence-electron chi connectivity index (χ0n) is 10.5. The van der Waals surface area contributed by atoms with Crippen molar-refractivity contribution >= 4 is 0 Å². The molecule has 1 rings (SSSR count). The van der Waals surface area contributed by atoms with Crippen molar-refractivity contribution in [3.63, 3.8) is 0 Å². The number of rotatable bonds is 4. The predicted octanol–water partition coefficient (Wildman–Crippen LogP) is 2.06. The van der Waals surface area contributed by atoms with Crippen molar-refractivity contribution in [2.24, 2.45) is 5.41 Å². The fourth-order valence-corrected chi connectivity index (χ4v) is 2.20. The molecule has 0 radical (unpaired) electrons. The summed E-state index contributed by atoms with van der Waals surface area (Å²) in [5, 5.41) is 0. The van der Waals surface area contributed by atoms with Crippen LogP contribution in [0.5, 0.6) is 0 Å². The summed E-state index contributed by atoms with van der Waals surface area (Å²) < 4.78 is 0. The van der Waals surface area contributed by atoms with Crippen LogP contribution < -0.4 is 0 Å². The summed E-state index contributed by atoms with van der Waals surface area (Å²) in [7, 11) is 4.33. The molecule has 1 fully saturated rings. The topological polar surface area (TPSA) is 6.48 Å². The van der Waals surface area contributed by atoms with Crippen molar-refractivity contribution in [2.45, 2.75) is 39.7 Å². The van der Waals surface area contributed by atoms with E-state index < -0.39 is 0 Å². The molecular weight excluding hydrogens is 172 g/mol. The second kappa shape index (κ2) is 4.63. The Bertz CT molecular complexity index is 177. The van der Waals surface area contributed by atoms with Gasteiger partial charge in [-0.05, 0) is 59.3 Å². The molecule has 1 unspecified atom stereocenters. The molecule has 1 heterocycles. The fraction of sp³-hybridized carbons (Fsp3) is 1.00. The van der Waals surface area contributed by atoms with Gasteiger partial charge >= 0.3 is 0 Å². The van der Waals surface area contributed by atoms with E-state index in [2.05, 4.69) is 44.7 Å². The third kappa shape index (κ3) is 3.25. The SMILES string of the molecule is CC(C)N1CCC(C)(CCN(C)C)C1. The van der Waals surface area contributed by atoms with Crippen molar-refractivity contribution < 1.29 is 0 Å². The van der Waals surface area contributed by atoms with Gasteiger partial charge in [-0.2, -0.15) is 0 Å². The van der Waals surface area contributed by atoms with Crippen molar-refractivity contribution in [3.8, 4) is 0 Å². The Balaban J connectivity index is 2.37. The smallest absolute Gasteiger partial charge is 0.00390 e. The summed E-state index contributed by atoms with van der Waals surface area (Å²) in [6, 6.07) is 0.719. The van der Waals surface area contributed by atoms with Crippen LogP contribution >= 0.6 is 0 Å². The first-order chi connectivity index (χ1) is 6.43. The quantitative estimate of drug-likeness (QED) is 0.682. The van der Waals surface area contributed by atoms with Crippen LogP contribution in [0.3, 0.4) is 0 Å². The molecule has 0 aromatic heterocycles. The second-order valence-corrected chi connectivity index (χ2v) is 5.68. The highest BCUT2D eigenvalue weighted by Crippen LogP contribution is 2.34. The number of hydrogen-bond acceptors (Lipinski definition) is 2. The van der Waals surface area contributed by atoms with E-state index in [0.29, 0.717) is 5.41 Å². The molecule has 0 N–H and O–H groups in total. The van der Waals surface area contributed by atoms with Crippen LogP contribution in [0.4, 0.5) is 0 Å². The van der Waals surface area contributed by atoms with Crippen LogP contribution in [0.15, 0.2) is 0 Å². The third-order valence-corrected chi connectivity index (χ3v) is 3.48. The van der Waals surface area contributed by atoms with E-state index in [4.69, 9.17) is 0 Å². The molecule has 2 heteroatoms. The van der Waals surface area contributed by atoms with Crippen LogP contribution in [0.2, 0.25) is 0 Å². The molecule has 14 heavy (non-hydrogen) atoms. The predicted molar refractivity (Wildman–Crippen MR) is 62.6 cm³/mol. The summed E-state index contributed by atoms with van der Waals surface area (Å²) in [6.07, 6.45) is 2.71. The zero-order chi connectivity index (χ0) is 10.8. The first-order valence-electron chi connectivity index (χ1n) is 5.82. The maximum atomic E-state index is 2.61. The average molecular weight is 198 g/mol. The molecular formula is C12H26N2. The molecule has 0 saturated carbocycles. The van der Waals surface area contributed by atoms with Gasteiger partial charge in [-0.25, -0.2) is 0 Å². The van der Waals surface area contributed by atoms with E-state index >= 15 is 0 Å². The highest BCUT2D eigenvalue weighted by Gasteiger charge is 2.34. The Morgan fingerprint density at radius 3 is 2.43 bits per heavy atom. The molecule has 0 aromatic carbocycles. The lowest BCUT2D eigenvalue weighted by Crippen LogP contribution is -2.32. The van der Waals surface area contributed by atoms with E-state index in [0.717, 1.165) is 6.04 Å². The first kappa shape index (κ1) is 12.0. The minimum atomic E-state index is 0.564. The average Bonchev–Trinajstić information content (AvgIpc) is 2.46. The number of likely N-dealkylation sites (tertiary alicyclic amines) is 1. The minimum absolute atomic E-state index is 0.564. The van der Waals surface area contributed by atoms with Gasteiger partial charge in [0.25, 0.3) is 0 Å². The van der Waals surface area contributed by atoms with Gasteiger partial charge in [-0.15, -0.1) is 0 Å². The van der Waals surface area contributed by atoms with Gasteiger partial charge < -0.3 is 9.80 Å². The molecule has 0 aromatic rings. The van der Waals surface area contributed by atoms with Crippen LogP contribution in [0, 0.1) is 5.41 Å². The maximum absolute atomic E-state index is 2.61. The van der Waals surface area contributed by atoms with Gasteiger partial charge in [0.15, 0.2) is 0 Å². The van der Waals surface area contributed by atoms with Crippen molar-refractivity contribution in [3.05, 3.63) is 0 Å². The van der Waals surface area contributed by atoms with Crippen LogP contribution in [0.25, 0.3) is 0 Å². The van der Waals surface area contributed by atoms with Gasteiger partial charge in [0.05, 0.1) is 0 Å². The zero-order valence-corrected chi connectivity index (χ0v) is 10.5. The van der Waals surface area contributed by atoms with E-state index in [1.54, 1.807) is 0 Å². The summed E-state index contributed by atoms with van der Waals surface area (Å²) in [4.78, 5) is 4.90. The molecule has 0 amide bonds. The lowest BCUT2D eigenvalue weighted by Gasteiger charge is -2.27. The van der Waals surface area contributed by atoms with E-state index in [1.807, 2.05) is 0 Å². The van der Waals surface area contributed by atoms with E-state index in [1.165, 1.54) is 32.5 Å². The molecule has 0 bridgehead atoms. The van der Waals surface area contributed by atoms with Crippen molar-refractivity contribution in [2.75, 3.05) is 33.7 Å². The monoisotopic (exact) mass is 198 g/mol. The normalized spacial score (nSPS) is 29.4. The van der Waals surface area contributed by atoms with Crippen molar-refractivity contribution in [1.82, 2.24) is 9.80 Å². The van der Waals surface area contributed by atoms with E-state index in [9.17, 15) is 0 Å². The minimum Gasteiger partial charge on any atom is -0.309 e. The standard InChI is InChI=1S/C12H26N2/c1-11(2)14-9-7-12(3,10-14)6-8-13(4)5/h11H,6-10H2,1-5H3. The molecule has 0 aliphatic carbocycles. The lowest BCUT2D eigenvalue weighted by molar-refractivity contribution is 0.211. The summed E-state index contributed by atoms with van der Waals surface area (Å²) in [5.41, 5.74) is 0.564. The number of nitrogens with zero attached hydrogens (tertiary/aromatic N) is 2. The number of hydrogen-bond donors (Lipinski definition) is 0. The Hall–Kier alpha value is -0.0800. The van der Waals surface area contributed by atoms with Crippen LogP contribution in [-0.2, 0) is 0 Å². The molecule has 1 aliphatic heterocycles. The van der Waals surface area contributed by atoms with Crippen molar-refractivity contribution in [1.29, 1.82) is 0 Å². The van der Waals surface area contributed by atoms with E-state index in [-0.39, 0.29) is 0 Å². The molecule has 1 atom stereocenters. The van der Waals surface area contributed by atoms with Gasteiger partial charge in [0.2, 0.25) is 0 Å². The third-order valence-electron chi connectivity index (χ3n) is 3.48. The maximum Gasteiger partial charge on any atom is 0.00390 e. The summed E-state index contributed by atoms with van der Waals surface area (Å²) >= 11 is 0. The molecule has 1 aliphatic rings. The Morgan fingerprint density at radius 2 is 2.00 bits per heavy atom. The largest absolute Gasteiger partial charge is 0.309 e. The lowest BCUT2D eigenvalue weighted by atomic mass is 9.86. The second-order valence-electron chi connectivity index (χ2n) is 5.68. The molecule has 84 valence electrons. The van der Waals surface area contributed by atoms with Gasteiger partial charge in [-0.3, -0.25) is 0 Å². The van der Waals surface area contributed by atoms with Gasteiger partial charge in [-0.1, -0.05) is 6.92 Å². The Labute approximate surface area is 89.3 Å². The van der Waals surface area contributed by atoms with Crippen LogP contribution in [-0.4, -0.2) is 49.6 Å². The highest BCUT2D eigenvalue weighted by molar-refractivity contribution is 4.87. The Kier molecular flexibility index (Phi) is 3.96. The van der Waals surface area contributed by atoms with Gasteiger partial charge in [0.1, 0.15) is 0 Å². The Morgan fingerprint density at radius 1 is 1.36 bits per heavy atom. The molecule has 1 saturated heterocycles. The van der Waals surface area contributed by atoms with Gasteiger partial charge in [0, 0.05) is 12.6 Å². The molecule has 0 spiro atoms. The van der Waals surface area contributed by atoms with Crippen LogP contribution in [0.1, 0.15) is 33.6 Å². The molecule has 2 nitrogen and oxygen atoms in total.